The summed E-state index contributed by atoms with van der Waals surface area (Å²) in [5.41, 5.74) is 2.35. The lowest BCUT2D eigenvalue weighted by Gasteiger charge is -2.24. The quantitative estimate of drug-likeness (QED) is 0.502. The lowest BCUT2D eigenvalue weighted by molar-refractivity contribution is -0.141. The molecular formula is C25H23FN2O4S. The molecule has 1 aliphatic rings. The van der Waals surface area contributed by atoms with Gasteiger partial charge in [-0.2, -0.15) is 0 Å². The molecule has 2 heterocycles. The highest BCUT2D eigenvalue weighted by atomic mass is 32.2. The van der Waals surface area contributed by atoms with Crippen LogP contribution in [0.3, 0.4) is 0 Å². The van der Waals surface area contributed by atoms with Crippen molar-refractivity contribution in [1.29, 1.82) is 0 Å². The summed E-state index contributed by atoms with van der Waals surface area (Å²) in [6.45, 7) is 3.87. The number of rotatable bonds is 6. The monoisotopic (exact) mass is 466 g/mol. The van der Waals surface area contributed by atoms with Gasteiger partial charge in [-0.05, 0) is 61.9 Å². The molecule has 0 aliphatic carbocycles. The van der Waals surface area contributed by atoms with Crippen molar-refractivity contribution >= 4 is 33.1 Å². The van der Waals surface area contributed by atoms with Crippen molar-refractivity contribution in [1.82, 2.24) is 4.98 Å². The second kappa shape index (κ2) is 9.15. The van der Waals surface area contributed by atoms with E-state index in [1.807, 2.05) is 11.8 Å². The number of sulfone groups is 1. The van der Waals surface area contributed by atoms with Crippen LogP contribution in [-0.2, 0) is 19.4 Å². The Labute approximate surface area is 192 Å². The molecule has 1 atom stereocenters. The van der Waals surface area contributed by atoms with Crippen molar-refractivity contribution in [3.8, 4) is 0 Å². The van der Waals surface area contributed by atoms with Crippen LogP contribution in [0.15, 0.2) is 76.8 Å². The number of halogens is 1. The number of carbonyl (C=O) groups excluding carboxylic acids is 1. The Bertz CT molecular complexity index is 1320. The summed E-state index contributed by atoms with van der Waals surface area (Å²) >= 11 is 0. The molecule has 6 nitrogen and oxygen atoms in total. The number of anilines is 1. The topological polar surface area (TPSA) is 76.6 Å². The average Bonchev–Trinajstić information content (AvgIpc) is 3.05. The van der Waals surface area contributed by atoms with Crippen molar-refractivity contribution in [2.75, 3.05) is 18.1 Å². The van der Waals surface area contributed by atoms with E-state index in [9.17, 15) is 17.6 Å². The first kappa shape index (κ1) is 22.7. The molecule has 33 heavy (non-hydrogen) atoms. The molecule has 2 aromatic carbocycles. The van der Waals surface area contributed by atoms with Crippen LogP contribution in [-0.4, -0.2) is 38.6 Å². The van der Waals surface area contributed by atoms with Crippen LogP contribution in [0.2, 0.25) is 0 Å². The number of fused-ring (bicyclic) bond motifs is 1. The molecule has 4 rings (SSSR count). The maximum atomic E-state index is 14.2. The molecule has 1 unspecified atom stereocenters. The fraction of sp³-hybridized carbons (Fsp3) is 0.200. The van der Waals surface area contributed by atoms with Gasteiger partial charge in [-0.3, -0.25) is 4.79 Å². The van der Waals surface area contributed by atoms with Crippen molar-refractivity contribution < 1.29 is 22.3 Å². The van der Waals surface area contributed by atoms with Crippen LogP contribution in [0.5, 0.6) is 0 Å². The van der Waals surface area contributed by atoms with Crippen molar-refractivity contribution in [2.45, 2.75) is 29.8 Å². The molecule has 3 aromatic rings. The van der Waals surface area contributed by atoms with E-state index in [1.54, 1.807) is 49.4 Å². The van der Waals surface area contributed by atoms with Crippen LogP contribution in [0.1, 0.15) is 25.0 Å². The molecule has 0 bridgehead atoms. The second-order valence-electron chi connectivity index (χ2n) is 7.58. The van der Waals surface area contributed by atoms with Gasteiger partial charge in [-0.15, -0.1) is 0 Å². The van der Waals surface area contributed by atoms with Crippen LogP contribution >= 0.6 is 0 Å². The zero-order valence-electron chi connectivity index (χ0n) is 18.2. The lowest BCUT2D eigenvalue weighted by atomic mass is 10.0. The molecule has 0 saturated carbocycles. The van der Waals surface area contributed by atoms with Gasteiger partial charge in [0, 0.05) is 23.0 Å². The summed E-state index contributed by atoms with van der Waals surface area (Å²) in [6, 6.07) is 15.4. The highest BCUT2D eigenvalue weighted by Crippen LogP contribution is 2.42. The fourth-order valence-electron chi connectivity index (χ4n) is 3.97. The first-order chi connectivity index (χ1) is 15.8. The number of hydrogen-bond acceptors (Lipinski definition) is 6. The van der Waals surface area contributed by atoms with E-state index < -0.39 is 21.6 Å². The highest BCUT2D eigenvalue weighted by Gasteiger charge is 2.33. The smallest absolute Gasteiger partial charge is 0.325 e. The van der Waals surface area contributed by atoms with Crippen molar-refractivity contribution in [2.24, 2.45) is 0 Å². The van der Waals surface area contributed by atoms with Crippen LogP contribution < -0.4 is 4.90 Å². The van der Waals surface area contributed by atoms with E-state index in [1.165, 1.54) is 30.5 Å². The molecule has 0 fully saturated rings. The molecule has 1 aromatic heterocycles. The number of benzene rings is 2. The Morgan fingerprint density at radius 3 is 2.64 bits per heavy atom. The molecular weight excluding hydrogens is 443 g/mol. The minimum absolute atomic E-state index is 0.00676. The number of nitrogens with zero attached hydrogens (tertiary/aromatic N) is 2. The van der Waals surface area contributed by atoms with E-state index in [2.05, 4.69) is 4.98 Å². The molecule has 0 spiro atoms. The number of aromatic nitrogens is 1. The predicted molar refractivity (Wildman–Crippen MR) is 124 cm³/mol. The molecule has 0 saturated heterocycles. The number of ether oxygens (including phenoxy) is 1. The van der Waals surface area contributed by atoms with Gasteiger partial charge in [0.15, 0.2) is 5.03 Å². The van der Waals surface area contributed by atoms with E-state index in [4.69, 9.17) is 4.74 Å². The Kier molecular flexibility index (Phi) is 6.29. The third-order valence-electron chi connectivity index (χ3n) is 5.52. The Morgan fingerprint density at radius 1 is 1.15 bits per heavy atom. The largest absolute Gasteiger partial charge is 0.465 e. The minimum atomic E-state index is -3.87. The van der Waals surface area contributed by atoms with E-state index in [0.717, 1.165) is 0 Å². The van der Waals surface area contributed by atoms with Gasteiger partial charge in [0.25, 0.3) is 0 Å². The standard InChI is InChI=1S/C25H23FN2O4S/c1-3-32-24(29)16-28-17(2)21(22-15-19(26)11-12-23(22)28)14-18-8-7-13-27-25(18)33(30,31)20-9-5-4-6-10-20/h4-15,17H,3,16H2,1-2H3. The van der Waals surface area contributed by atoms with Crippen LogP contribution in [0, 0.1) is 5.82 Å². The zero-order valence-corrected chi connectivity index (χ0v) is 19.0. The molecule has 0 amide bonds. The third-order valence-corrected chi connectivity index (χ3v) is 7.26. The first-order valence-corrected chi connectivity index (χ1v) is 12.0. The summed E-state index contributed by atoms with van der Waals surface area (Å²) < 4.78 is 45.8. The minimum Gasteiger partial charge on any atom is -0.465 e. The maximum absolute atomic E-state index is 14.2. The Hall–Kier alpha value is -3.52. The third kappa shape index (κ3) is 4.39. The summed E-state index contributed by atoms with van der Waals surface area (Å²) in [6.07, 6.45) is 3.13. The summed E-state index contributed by atoms with van der Waals surface area (Å²) in [5.74, 6) is -0.817. The van der Waals surface area contributed by atoms with Gasteiger partial charge in [0.2, 0.25) is 9.84 Å². The normalized spacial score (nSPS) is 16.6. The Morgan fingerprint density at radius 2 is 1.91 bits per heavy atom. The van der Waals surface area contributed by atoms with Gasteiger partial charge in [-0.1, -0.05) is 24.3 Å². The Balaban J connectivity index is 1.82. The maximum Gasteiger partial charge on any atom is 0.325 e. The van der Waals surface area contributed by atoms with Gasteiger partial charge < -0.3 is 9.64 Å². The number of carbonyl (C=O) groups is 1. The molecule has 1 aliphatic heterocycles. The van der Waals surface area contributed by atoms with E-state index >= 15 is 0 Å². The van der Waals surface area contributed by atoms with E-state index in [-0.39, 0.29) is 29.1 Å². The highest BCUT2D eigenvalue weighted by molar-refractivity contribution is 7.91. The van der Waals surface area contributed by atoms with Gasteiger partial charge in [0.1, 0.15) is 12.4 Å². The fourth-order valence-corrected chi connectivity index (χ4v) is 5.35. The zero-order chi connectivity index (χ0) is 23.6. The lowest BCUT2D eigenvalue weighted by Crippen LogP contribution is -2.35. The molecule has 0 N–H and O–H groups in total. The molecule has 8 heteroatoms. The van der Waals surface area contributed by atoms with Crippen molar-refractivity contribution in [3.63, 3.8) is 0 Å². The van der Waals surface area contributed by atoms with Gasteiger partial charge >= 0.3 is 5.97 Å². The van der Waals surface area contributed by atoms with Crippen molar-refractivity contribution in [3.05, 3.63) is 83.8 Å². The number of pyridine rings is 1. The SMILES string of the molecule is CCOC(=O)CN1c2ccc(F)cc2C(=Cc2cccnc2S(=O)(=O)c2ccccc2)C1C. The van der Waals surface area contributed by atoms with Gasteiger partial charge in [-0.25, -0.2) is 17.8 Å². The van der Waals surface area contributed by atoms with Crippen LogP contribution in [0.25, 0.3) is 11.6 Å². The van der Waals surface area contributed by atoms with Gasteiger partial charge in [0.05, 0.1) is 17.5 Å². The summed E-state index contributed by atoms with van der Waals surface area (Å²) in [5, 5.41) is -0.0855. The number of esters is 1. The van der Waals surface area contributed by atoms with Crippen LogP contribution in [0.4, 0.5) is 10.1 Å². The first-order valence-electron chi connectivity index (χ1n) is 10.5. The summed E-state index contributed by atoms with van der Waals surface area (Å²) in [7, 11) is -3.87. The second-order valence-corrected chi connectivity index (χ2v) is 9.45. The average molecular weight is 467 g/mol. The summed E-state index contributed by atoms with van der Waals surface area (Å²) in [4.78, 5) is 18.3. The molecule has 0 radical (unpaired) electrons. The molecule has 170 valence electrons. The number of hydrogen-bond donors (Lipinski definition) is 0. The predicted octanol–water partition coefficient (Wildman–Crippen LogP) is 4.37. The van der Waals surface area contributed by atoms with E-state index in [0.29, 0.717) is 22.4 Å².